The number of nitrogens with one attached hydrogen (secondary N) is 1. The minimum atomic E-state index is -1.98. The number of methoxy groups -OCH3 is 1. The molecule has 0 fully saturated rings. The van der Waals surface area contributed by atoms with E-state index >= 15 is 0 Å². The van der Waals surface area contributed by atoms with Crippen molar-refractivity contribution in [2.75, 3.05) is 7.11 Å². The molecular weight excluding hydrogens is 620 g/mol. The molecule has 4 aliphatic carbocycles. The van der Waals surface area contributed by atoms with E-state index in [2.05, 4.69) is 10.1 Å². The van der Waals surface area contributed by atoms with Crippen LogP contribution in [0.1, 0.15) is 28.8 Å². The largest absolute Gasteiger partial charge is 0.510 e. The van der Waals surface area contributed by atoms with Gasteiger partial charge in [0.15, 0.2) is 11.2 Å². The highest BCUT2D eigenvalue weighted by molar-refractivity contribution is 6.30. The Bertz CT molecular complexity index is 2690. The van der Waals surface area contributed by atoms with Gasteiger partial charge in [-0.1, -0.05) is 35.0 Å². The lowest BCUT2D eigenvalue weighted by atomic mass is 9.78. The van der Waals surface area contributed by atoms with Crippen LogP contribution >= 0.6 is 11.6 Å². The standard InChI is InChI=1S/C33H21ClN2O10/c1-45-19-10-18(37)21-22(26(19)38)28(40)24-23(27(21)39)30(42)33(31(24)43)6-5-14-8-15-9-17(36-32(44)20(15)29(41)25(14)33)11-35-46-12-13-3-2-4-16(34)7-13/h2-4,7-11,41-43H,5-6,12H2,1H3,(H,36,44)/b35-11+. The minimum Gasteiger partial charge on any atom is -0.510 e. The Kier molecular flexibility index (Phi) is 6.39. The quantitative estimate of drug-likeness (QED) is 0.157. The molecule has 0 saturated heterocycles. The van der Waals surface area contributed by atoms with E-state index in [4.69, 9.17) is 21.2 Å². The molecule has 0 saturated carbocycles. The van der Waals surface area contributed by atoms with E-state index in [1.165, 1.54) is 6.21 Å². The summed E-state index contributed by atoms with van der Waals surface area (Å²) in [4.78, 5) is 74.1. The van der Waals surface area contributed by atoms with Gasteiger partial charge in [-0.05, 0) is 47.6 Å². The number of rotatable bonds is 5. The molecule has 0 radical (unpaired) electrons. The van der Waals surface area contributed by atoms with Gasteiger partial charge in [0.2, 0.25) is 16.3 Å². The molecule has 1 heterocycles. The summed E-state index contributed by atoms with van der Waals surface area (Å²) in [5.74, 6) is -2.58. The maximum atomic E-state index is 13.6. The number of oxime groups is 1. The smallest absolute Gasteiger partial charge is 0.260 e. The molecule has 230 valence electrons. The Morgan fingerprint density at radius 3 is 2.35 bits per heavy atom. The average molecular weight is 641 g/mol. The second kappa shape index (κ2) is 10.1. The molecule has 4 N–H and O–H groups in total. The first-order valence-corrected chi connectivity index (χ1v) is 14.3. The summed E-state index contributed by atoms with van der Waals surface area (Å²) in [5, 5.41) is 36.4. The molecule has 46 heavy (non-hydrogen) atoms. The van der Waals surface area contributed by atoms with Crippen LogP contribution in [0.4, 0.5) is 0 Å². The second-order valence-electron chi connectivity index (χ2n) is 11.1. The van der Waals surface area contributed by atoms with E-state index in [0.29, 0.717) is 16.0 Å². The number of nitrogens with zero attached hydrogens (tertiary/aromatic N) is 1. The van der Waals surface area contributed by atoms with Crippen molar-refractivity contribution in [3.63, 3.8) is 0 Å². The Morgan fingerprint density at radius 2 is 1.65 bits per heavy atom. The summed E-state index contributed by atoms with van der Waals surface area (Å²) >= 11 is 5.98. The molecule has 13 heteroatoms. The predicted octanol–water partition coefficient (Wildman–Crippen LogP) is 0.718. The van der Waals surface area contributed by atoms with Gasteiger partial charge in [0.05, 0.1) is 45.3 Å². The number of ether oxygens (including phenoxy) is 1. The van der Waals surface area contributed by atoms with Gasteiger partial charge in [-0.2, -0.15) is 0 Å². The maximum Gasteiger partial charge on any atom is 0.260 e. The first kappa shape index (κ1) is 29.0. The number of aromatic nitrogens is 1. The predicted molar refractivity (Wildman–Crippen MR) is 167 cm³/mol. The van der Waals surface area contributed by atoms with Crippen LogP contribution < -0.4 is 42.4 Å². The number of benzene rings is 2. The summed E-state index contributed by atoms with van der Waals surface area (Å²) in [6.07, 6.45) is 1.33. The molecule has 3 aromatic rings. The van der Waals surface area contributed by atoms with Crippen molar-refractivity contribution >= 4 is 40.1 Å². The summed E-state index contributed by atoms with van der Waals surface area (Å²) in [5.41, 5.74) is -5.58. The number of aromatic amines is 1. The van der Waals surface area contributed by atoms with E-state index in [-0.39, 0.29) is 36.1 Å². The number of halogens is 1. The Hall–Kier alpha value is -5.75. The number of phenols is 1. The fourth-order valence-corrected chi connectivity index (χ4v) is 6.88. The monoisotopic (exact) mass is 640 g/mol. The maximum absolute atomic E-state index is 13.6. The number of aryl methyl sites for hydroxylation is 1. The number of pyridine rings is 1. The zero-order chi connectivity index (χ0) is 32.7. The SMILES string of the molecule is COc1cc(=O)c2c(=O)c3c(c(=O)c=2c1=O)=C(O)C1(CCc2cc4cc(/C=N/OCc5cccc(Cl)c5)[nH]c(=O)c4c(O)c21)C=3O. The number of aliphatic hydroxyl groups excluding tert-OH is 2. The lowest BCUT2D eigenvalue weighted by Crippen LogP contribution is -2.51. The lowest BCUT2D eigenvalue weighted by Gasteiger charge is -2.27. The zero-order valence-corrected chi connectivity index (χ0v) is 24.5. The highest BCUT2D eigenvalue weighted by atomic mass is 35.5. The molecular formula is C33H21ClN2O10. The van der Waals surface area contributed by atoms with E-state index in [1.807, 2.05) is 0 Å². The van der Waals surface area contributed by atoms with Crippen molar-refractivity contribution in [3.05, 3.63) is 142 Å². The number of fused-ring (bicyclic) bond motifs is 4. The number of H-pyrrole nitrogens is 1. The molecule has 12 nitrogen and oxygen atoms in total. The number of aromatic hydroxyl groups is 1. The van der Waals surface area contributed by atoms with Crippen molar-refractivity contribution in [3.8, 4) is 11.5 Å². The van der Waals surface area contributed by atoms with Crippen molar-refractivity contribution in [2.45, 2.75) is 24.9 Å². The van der Waals surface area contributed by atoms with Crippen molar-refractivity contribution < 1.29 is 24.9 Å². The second-order valence-corrected chi connectivity index (χ2v) is 11.5. The topological polar surface area (TPSA) is 193 Å². The Morgan fingerprint density at radius 1 is 0.935 bits per heavy atom. The van der Waals surface area contributed by atoms with Crippen molar-refractivity contribution in [1.29, 1.82) is 0 Å². The highest BCUT2D eigenvalue weighted by Crippen LogP contribution is 2.54. The Labute approximate surface area is 260 Å². The Balaban J connectivity index is 1.39. The third-order valence-electron chi connectivity index (χ3n) is 8.66. The van der Waals surface area contributed by atoms with Gasteiger partial charge in [-0.25, -0.2) is 0 Å². The first-order chi connectivity index (χ1) is 22.0. The van der Waals surface area contributed by atoms with Gasteiger partial charge in [0.25, 0.3) is 5.56 Å². The van der Waals surface area contributed by atoms with E-state index < -0.39 is 76.6 Å². The van der Waals surface area contributed by atoms with Crippen LogP contribution in [0, 0.1) is 10.4 Å². The van der Waals surface area contributed by atoms with Crippen LogP contribution in [-0.4, -0.2) is 33.6 Å². The number of hydrogen-bond donors (Lipinski definition) is 4. The number of phenolic OH excluding ortho intramolecular Hbond substituents is 1. The molecule has 1 unspecified atom stereocenters. The van der Waals surface area contributed by atoms with Gasteiger partial charge in [0.1, 0.15) is 29.3 Å². The van der Waals surface area contributed by atoms with Crippen LogP contribution in [-0.2, 0) is 23.3 Å². The minimum absolute atomic E-state index is 0.0758. The van der Waals surface area contributed by atoms with E-state index in [9.17, 15) is 39.3 Å². The zero-order valence-electron chi connectivity index (χ0n) is 23.8. The highest BCUT2D eigenvalue weighted by Gasteiger charge is 2.53. The van der Waals surface area contributed by atoms with Crippen LogP contribution in [0.5, 0.6) is 11.5 Å². The van der Waals surface area contributed by atoms with Crippen molar-refractivity contribution in [2.24, 2.45) is 5.16 Å². The van der Waals surface area contributed by atoms with Crippen LogP contribution in [0.3, 0.4) is 0 Å². The molecule has 1 atom stereocenters. The molecule has 7 rings (SSSR count). The summed E-state index contributed by atoms with van der Waals surface area (Å²) in [7, 11) is 1.12. The fourth-order valence-electron chi connectivity index (χ4n) is 6.67. The van der Waals surface area contributed by atoms with Gasteiger partial charge >= 0.3 is 0 Å². The molecule has 0 amide bonds. The fraction of sp³-hybridized carbons (Fsp3) is 0.152. The van der Waals surface area contributed by atoms with E-state index in [0.717, 1.165) is 18.7 Å². The molecule has 4 aliphatic rings. The van der Waals surface area contributed by atoms with Gasteiger partial charge < -0.3 is 29.9 Å². The molecule has 2 aromatic carbocycles. The van der Waals surface area contributed by atoms with Gasteiger partial charge in [0, 0.05) is 16.7 Å². The number of hydrogen-bond acceptors (Lipinski definition) is 11. The normalized spacial score (nSPS) is 17.0. The summed E-state index contributed by atoms with van der Waals surface area (Å²) in [6, 6.07) is 10.9. The molecule has 1 aromatic heterocycles. The van der Waals surface area contributed by atoms with Gasteiger partial charge in [-0.3, -0.25) is 24.0 Å². The van der Waals surface area contributed by atoms with Crippen molar-refractivity contribution in [1.82, 2.24) is 4.98 Å². The van der Waals surface area contributed by atoms with Crippen LogP contribution in [0.15, 0.2) is 71.6 Å². The van der Waals surface area contributed by atoms with Crippen LogP contribution in [0.2, 0.25) is 5.02 Å². The summed E-state index contributed by atoms with van der Waals surface area (Å²) in [6.45, 7) is 0.124. The number of aliphatic hydroxyl groups is 2. The summed E-state index contributed by atoms with van der Waals surface area (Å²) < 4.78 is 4.90. The average Bonchev–Trinajstić information content (AvgIpc) is 3.51. The van der Waals surface area contributed by atoms with Crippen LogP contribution in [0.25, 0.3) is 22.3 Å². The van der Waals surface area contributed by atoms with Gasteiger partial charge in [-0.15, -0.1) is 0 Å². The third kappa shape index (κ3) is 3.86. The molecule has 0 aliphatic heterocycles. The molecule has 0 bridgehead atoms. The van der Waals surface area contributed by atoms with E-state index in [1.54, 1.807) is 36.4 Å². The first-order valence-electron chi connectivity index (χ1n) is 13.9. The lowest BCUT2D eigenvalue weighted by molar-refractivity contribution is 0.132. The molecule has 1 spiro atoms. The third-order valence-corrected chi connectivity index (χ3v) is 8.90.